The zero-order chi connectivity index (χ0) is 16.8. The van der Waals surface area contributed by atoms with Gasteiger partial charge in [-0.15, -0.1) is 0 Å². The zero-order valence-corrected chi connectivity index (χ0v) is 14.9. The van der Waals surface area contributed by atoms with Crippen LogP contribution in [0.1, 0.15) is 26.3 Å². The molecule has 0 bridgehead atoms. The SMILES string of the molecule is CCNC(=NCc1ccc(O)c(F)c1)N1CCSC(C(C)C)C1. The zero-order valence-electron chi connectivity index (χ0n) is 14.1. The summed E-state index contributed by atoms with van der Waals surface area (Å²) in [6, 6.07) is 4.42. The van der Waals surface area contributed by atoms with E-state index in [2.05, 4.69) is 29.1 Å². The Morgan fingerprint density at radius 3 is 2.96 bits per heavy atom. The predicted octanol–water partition coefficient (Wildman–Crippen LogP) is 3.07. The molecule has 0 spiro atoms. The van der Waals surface area contributed by atoms with Crippen LogP contribution < -0.4 is 5.32 Å². The molecule has 1 aliphatic heterocycles. The van der Waals surface area contributed by atoms with Crippen molar-refractivity contribution in [3.63, 3.8) is 0 Å². The van der Waals surface area contributed by atoms with Crippen LogP contribution in [-0.4, -0.2) is 46.6 Å². The average Bonchev–Trinajstić information content (AvgIpc) is 2.54. The number of rotatable bonds is 4. The van der Waals surface area contributed by atoms with Crippen molar-refractivity contribution in [3.05, 3.63) is 29.6 Å². The Hall–Kier alpha value is -1.43. The maximum Gasteiger partial charge on any atom is 0.194 e. The number of nitrogens with zero attached hydrogens (tertiary/aromatic N) is 2. The van der Waals surface area contributed by atoms with Crippen LogP contribution in [-0.2, 0) is 6.54 Å². The van der Waals surface area contributed by atoms with Crippen LogP contribution in [0, 0.1) is 11.7 Å². The number of thioether (sulfide) groups is 1. The molecule has 6 heteroatoms. The molecule has 1 aromatic carbocycles. The summed E-state index contributed by atoms with van der Waals surface area (Å²) in [5.41, 5.74) is 0.752. The van der Waals surface area contributed by atoms with E-state index in [0.717, 1.165) is 36.9 Å². The van der Waals surface area contributed by atoms with Gasteiger partial charge in [-0.3, -0.25) is 0 Å². The minimum absolute atomic E-state index is 0.322. The van der Waals surface area contributed by atoms with Crippen molar-refractivity contribution in [2.24, 2.45) is 10.9 Å². The van der Waals surface area contributed by atoms with Crippen molar-refractivity contribution >= 4 is 17.7 Å². The quantitative estimate of drug-likeness (QED) is 0.654. The molecule has 1 atom stereocenters. The molecule has 0 amide bonds. The van der Waals surface area contributed by atoms with Crippen molar-refractivity contribution in [1.29, 1.82) is 0 Å². The third kappa shape index (κ3) is 5.03. The highest BCUT2D eigenvalue weighted by Crippen LogP contribution is 2.25. The number of halogens is 1. The fourth-order valence-electron chi connectivity index (χ4n) is 2.51. The van der Waals surface area contributed by atoms with Crippen LogP contribution in [0.15, 0.2) is 23.2 Å². The van der Waals surface area contributed by atoms with Gasteiger partial charge in [0.15, 0.2) is 17.5 Å². The van der Waals surface area contributed by atoms with Gasteiger partial charge in [-0.1, -0.05) is 19.9 Å². The van der Waals surface area contributed by atoms with E-state index < -0.39 is 5.82 Å². The van der Waals surface area contributed by atoms with Gasteiger partial charge in [-0.05, 0) is 30.5 Å². The van der Waals surface area contributed by atoms with Gasteiger partial charge in [-0.25, -0.2) is 9.38 Å². The number of aromatic hydroxyl groups is 1. The normalized spacial score (nSPS) is 19.3. The highest BCUT2D eigenvalue weighted by Gasteiger charge is 2.24. The average molecular weight is 339 g/mol. The molecule has 4 nitrogen and oxygen atoms in total. The molecule has 1 saturated heterocycles. The smallest absolute Gasteiger partial charge is 0.194 e. The lowest BCUT2D eigenvalue weighted by Crippen LogP contribution is -2.49. The molecule has 1 unspecified atom stereocenters. The number of phenolic OH excluding ortho intramolecular Hbond substituents is 1. The molecule has 0 saturated carbocycles. The Labute approximate surface area is 142 Å². The number of benzene rings is 1. The van der Waals surface area contributed by atoms with E-state index in [9.17, 15) is 9.50 Å². The van der Waals surface area contributed by atoms with E-state index >= 15 is 0 Å². The highest BCUT2D eigenvalue weighted by atomic mass is 32.2. The second-order valence-electron chi connectivity index (χ2n) is 6.06. The summed E-state index contributed by atoms with van der Waals surface area (Å²) in [7, 11) is 0. The van der Waals surface area contributed by atoms with Crippen LogP contribution in [0.4, 0.5) is 4.39 Å². The molecule has 1 heterocycles. The Morgan fingerprint density at radius 2 is 2.30 bits per heavy atom. The van der Waals surface area contributed by atoms with Crippen LogP contribution in [0.5, 0.6) is 5.75 Å². The van der Waals surface area contributed by atoms with E-state index in [-0.39, 0.29) is 5.75 Å². The molecule has 0 radical (unpaired) electrons. The molecule has 1 aliphatic rings. The van der Waals surface area contributed by atoms with Gasteiger partial charge in [-0.2, -0.15) is 11.8 Å². The molecule has 2 N–H and O–H groups in total. The summed E-state index contributed by atoms with van der Waals surface area (Å²) >= 11 is 2.03. The lowest BCUT2D eigenvalue weighted by atomic mass is 10.1. The lowest BCUT2D eigenvalue weighted by Gasteiger charge is -2.36. The Balaban J connectivity index is 2.08. The van der Waals surface area contributed by atoms with Crippen LogP contribution in [0.3, 0.4) is 0 Å². The summed E-state index contributed by atoms with van der Waals surface area (Å²) in [6.07, 6.45) is 0. The molecule has 23 heavy (non-hydrogen) atoms. The Morgan fingerprint density at radius 1 is 1.52 bits per heavy atom. The first kappa shape index (κ1) is 17.9. The first-order chi connectivity index (χ1) is 11.0. The standard InChI is InChI=1S/C17H26FN3OS/c1-4-19-17(21-7-8-23-16(11-21)12(2)3)20-10-13-5-6-15(22)14(18)9-13/h5-6,9,12,16,22H,4,7-8,10-11H2,1-3H3,(H,19,20). The summed E-state index contributed by atoms with van der Waals surface area (Å²) in [4.78, 5) is 6.94. The molecule has 1 aromatic rings. The number of nitrogens with one attached hydrogen (secondary N) is 1. The Kier molecular flexibility index (Phi) is 6.57. The largest absolute Gasteiger partial charge is 0.505 e. The fraction of sp³-hybridized carbons (Fsp3) is 0.588. The molecular weight excluding hydrogens is 313 g/mol. The third-order valence-electron chi connectivity index (χ3n) is 3.89. The van der Waals surface area contributed by atoms with E-state index in [1.54, 1.807) is 6.07 Å². The van der Waals surface area contributed by atoms with Crippen molar-refractivity contribution < 1.29 is 9.50 Å². The topological polar surface area (TPSA) is 47.9 Å². The molecule has 128 valence electrons. The van der Waals surface area contributed by atoms with Gasteiger partial charge in [0, 0.05) is 30.6 Å². The van der Waals surface area contributed by atoms with Crippen LogP contribution in [0.2, 0.25) is 0 Å². The number of aliphatic imine (C=N–C) groups is 1. The van der Waals surface area contributed by atoms with Gasteiger partial charge in [0.1, 0.15) is 0 Å². The van der Waals surface area contributed by atoms with Crippen LogP contribution in [0.25, 0.3) is 0 Å². The monoisotopic (exact) mass is 339 g/mol. The minimum atomic E-state index is -0.600. The first-order valence-corrected chi connectivity index (χ1v) is 9.18. The minimum Gasteiger partial charge on any atom is -0.505 e. The van der Waals surface area contributed by atoms with Gasteiger partial charge in [0.2, 0.25) is 0 Å². The molecule has 2 rings (SSSR count). The number of phenols is 1. The number of hydrogen-bond acceptors (Lipinski definition) is 3. The summed E-state index contributed by atoms with van der Waals surface area (Å²) < 4.78 is 13.4. The molecular formula is C17H26FN3OS. The van der Waals surface area contributed by atoms with Crippen molar-refractivity contribution in [3.8, 4) is 5.75 Å². The summed E-state index contributed by atoms with van der Waals surface area (Å²) in [5, 5.41) is 13.2. The van der Waals surface area contributed by atoms with Crippen molar-refractivity contribution in [1.82, 2.24) is 10.2 Å². The van der Waals surface area contributed by atoms with Crippen LogP contribution >= 0.6 is 11.8 Å². The predicted molar refractivity (Wildman–Crippen MR) is 95.5 cm³/mol. The lowest BCUT2D eigenvalue weighted by molar-refractivity contribution is 0.381. The van der Waals surface area contributed by atoms with E-state index in [1.165, 1.54) is 12.1 Å². The maximum atomic E-state index is 13.4. The summed E-state index contributed by atoms with van der Waals surface area (Å²) in [5.74, 6) is 1.69. The molecule has 0 aliphatic carbocycles. The molecule has 0 aromatic heterocycles. The van der Waals surface area contributed by atoms with Gasteiger partial charge >= 0.3 is 0 Å². The fourth-order valence-corrected chi connectivity index (χ4v) is 3.81. The van der Waals surface area contributed by atoms with Gasteiger partial charge in [0.25, 0.3) is 0 Å². The first-order valence-electron chi connectivity index (χ1n) is 8.13. The second-order valence-corrected chi connectivity index (χ2v) is 7.40. The van der Waals surface area contributed by atoms with Gasteiger partial charge < -0.3 is 15.3 Å². The number of guanidine groups is 1. The second kappa shape index (κ2) is 8.43. The van der Waals surface area contributed by atoms with Crippen molar-refractivity contribution in [2.75, 3.05) is 25.4 Å². The van der Waals surface area contributed by atoms with E-state index in [1.807, 2.05) is 18.7 Å². The third-order valence-corrected chi connectivity index (χ3v) is 5.43. The van der Waals surface area contributed by atoms with Crippen molar-refractivity contribution in [2.45, 2.75) is 32.6 Å². The van der Waals surface area contributed by atoms with Gasteiger partial charge in [0.05, 0.1) is 6.54 Å². The van der Waals surface area contributed by atoms with E-state index in [4.69, 9.17) is 0 Å². The molecule has 1 fully saturated rings. The van der Waals surface area contributed by atoms with E-state index in [0.29, 0.717) is 17.7 Å². The number of hydrogen-bond donors (Lipinski definition) is 2. The summed E-state index contributed by atoms with van der Waals surface area (Å²) in [6.45, 7) is 9.72. The maximum absolute atomic E-state index is 13.4. The highest BCUT2D eigenvalue weighted by molar-refractivity contribution is 8.00. The Bertz CT molecular complexity index is 551.